The van der Waals surface area contributed by atoms with Crippen LogP contribution >= 0.6 is 11.8 Å². The summed E-state index contributed by atoms with van der Waals surface area (Å²) in [5, 5.41) is 15.2. The number of nitrogens with one attached hydrogen (secondary N) is 1. The Hall–Kier alpha value is -2.35. The summed E-state index contributed by atoms with van der Waals surface area (Å²) in [5.74, 6) is -1.14. The number of hydrogen-bond acceptors (Lipinski definition) is 5. The van der Waals surface area contributed by atoms with Crippen molar-refractivity contribution in [3.63, 3.8) is 0 Å². The van der Waals surface area contributed by atoms with Crippen molar-refractivity contribution in [2.45, 2.75) is 0 Å². The maximum Gasteiger partial charge on any atom is 0.313 e. The number of aromatic nitrogens is 3. The van der Waals surface area contributed by atoms with E-state index in [-0.39, 0.29) is 17.4 Å². The molecule has 0 aliphatic carbocycles. The van der Waals surface area contributed by atoms with Gasteiger partial charge in [0.2, 0.25) is 5.91 Å². The Morgan fingerprint density at radius 1 is 1.25 bits per heavy atom. The van der Waals surface area contributed by atoms with Crippen LogP contribution in [0.1, 0.15) is 0 Å². The first-order valence-corrected chi connectivity index (χ1v) is 6.85. The number of aliphatic carboxylic acids is 1. The van der Waals surface area contributed by atoms with E-state index in [2.05, 4.69) is 15.4 Å². The molecule has 0 spiro atoms. The van der Waals surface area contributed by atoms with Gasteiger partial charge in [-0.3, -0.25) is 9.59 Å². The molecule has 2 aromatic rings. The van der Waals surface area contributed by atoms with E-state index < -0.39 is 5.97 Å². The highest BCUT2D eigenvalue weighted by atomic mass is 32.2. The lowest BCUT2D eigenvalue weighted by Gasteiger charge is -2.06. The average Bonchev–Trinajstić information content (AvgIpc) is 2.93. The molecule has 1 amide bonds. The van der Waals surface area contributed by atoms with Gasteiger partial charge in [-0.15, -0.1) is 11.8 Å². The molecule has 8 heteroatoms. The van der Waals surface area contributed by atoms with Crippen molar-refractivity contribution in [3.05, 3.63) is 36.9 Å². The number of anilines is 1. The van der Waals surface area contributed by atoms with Crippen LogP contribution in [0.3, 0.4) is 0 Å². The van der Waals surface area contributed by atoms with Gasteiger partial charge in [0, 0.05) is 5.69 Å². The fraction of sp³-hybridized carbons (Fsp3) is 0.167. The molecule has 7 nitrogen and oxygen atoms in total. The predicted molar refractivity (Wildman–Crippen MR) is 74.9 cm³/mol. The minimum atomic E-state index is -0.931. The molecule has 2 rings (SSSR count). The van der Waals surface area contributed by atoms with Crippen LogP contribution in [0, 0.1) is 0 Å². The van der Waals surface area contributed by atoms with Crippen LogP contribution in [-0.4, -0.2) is 43.3 Å². The smallest absolute Gasteiger partial charge is 0.313 e. The molecule has 0 saturated carbocycles. The largest absolute Gasteiger partial charge is 0.481 e. The minimum Gasteiger partial charge on any atom is -0.481 e. The Labute approximate surface area is 119 Å². The lowest BCUT2D eigenvalue weighted by molar-refractivity contribution is -0.133. The van der Waals surface area contributed by atoms with Crippen LogP contribution in [0.15, 0.2) is 36.9 Å². The van der Waals surface area contributed by atoms with Crippen LogP contribution in [0.5, 0.6) is 0 Å². The lowest BCUT2D eigenvalue weighted by Crippen LogP contribution is -2.15. The first-order valence-electron chi connectivity index (χ1n) is 5.69. The number of benzene rings is 1. The fourth-order valence-electron chi connectivity index (χ4n) is 1.47. The van der Waals surface area contributed by atoms with Crippen molar-refractivity contribution in [1.29, 1.82) is 0 Å². The van der Waals surface area contributed by atoms with Gasteiger partial charge in [0.25, 0.3) is 0 Å². The quantitative estimate of drug-likeness (QED) is 0.825. The van der Waals surface area contributed by atoms with Gasteiger partial charge in [-0.25, -0.2) is 9.67 Å². The van der Waals surface area contributed by atoms with Gasteiger partial charge in [0.15, 0.2) is 0 Å². The standard InChI is InChI=1S/C12H12N4O3S/c17-11(5-20-6-12(18)19)15-9-1-3-10(4-2-9)16-8-13-7-14-16/h1-4,7-8H,5-6H2,(H,15,17)(H,18,19). The van der Waals surface area contributed by atoms with E-state index in [9.17, 15) is 9.59 Å². The predicted octanol–water partition coefficient (Wildman–Crippen LogP) is 1.02. The number of amides is 1. The number of nitrogens with zero attached hydrogens (tertiary/aromatic N) is 3. The van der Waals surface area contributed by atoms with Crippen molar-refractivity contribution in [2.75, 3.05) is 16.8 Å². The van der Waals surface area contributed by atoms with E-state index in [1.807, 2.05) is 0 Å². The second kappa shape index (κ2) is 6.71. The summed E-state index contributed by atoms with van der Waals surface area (Å²) >= 11 is 1.06. The van der Waals surface area contributed by atoms with Crippen molar-refractivity contribution in [1.82, 2.24) is 14.8 Å². The Kier molecular flexibility index (Phi) is 4.72. The summed E-state index contributed by atoms with van der Waals surface area (Å²) < 4.78 is 1.61. The van der Waals surface area contributed by atoms with Gasteiger partial charge in [-0.2, -0.15) is 5.10 Å². The highest BCUT2D eigenvalue weighted by Crippen LogP contribution is 2.12. The van der Waals surface area contributed by atoms with Crippen molar-refractivity contribution in [2.24, 2.45) is 0 Å². The summed E-state index contributed by atoms with van der Waals surface area (Å²) in [4.78, 5) is 25.7. The zero-order chi connectivity index (χ0) is 14.4. The van der Waals surface area contributed by atoms with Gasteiger partial charge >= 0.3 is 5.97 Å². The molecule has 0 atom stereocenters. The topological polar surface area (TPSA) is 97.1 Å². The Morgan fingerprint density at radius 2 is 2.00 bits per heavy atom. The van der Waals surface area contributed by atoms with Gasteiger partial charge < -0.3 is 10.4 Å². The van der Waals surface area contributed by atoms with Gasteiger partial charge in [0.05, 0.1) is 17.2 Å². The number of hydrogen-bond donors (Lipinski definition) is 2. The molecule has 0 fully saturated rings. The van der Waals surface area contributed by atoms with Gasteiger partial charge in [-0.1, -0.05) is 0 Å². The highest BCUT2D eigenvalue weighted by molar-refractivity contribution is 8.00. The number of carboxylic acid groups (broad SMARTS) is 1. The Bertz CT molecular complexity index is 583. The molecule has 1 aromatic heterocycles. The molecule has 2 N–H and O–H groups in total. The lowest BCUT2D eigenvalue weighted by atomic mass is 10.3. The Morgan fingerprint density at radius 3 is 2.60 bits per heavy atom. The molecule has 0 radical (unpaired) electrons. The SMILES string of the molecule is O=C(O)CSCC(=O)Nc1ccc(-n2cncn2)cc1. The van der Waals surface area contributed by atoms with Crippen molar-refractivity contribution < 1.29 is 14.7 Å². The van der Waals surface area contributed by atoms with Crippen molar-refractivity contribution >= 4 is 29.3 Å². The van der Waals surface area contributed by atoms with Crippen LogP contribution < -0.4 is 5.32 Å². The number of thioether (sulfide) groups is 1. The van der Waals surface area contributed by atoms with Gasteiger partial charge in [0.1, 0.15) is 12.7 Å². The fourth-order valence-corrected chi connectivity index (χ4v) is 2.00. The molecule has 104 valence electrons. The van der Waals surface area contributed by atoms with E-state index in [1.165, 1.54) is 6.33 Å². The second-order valence-electron chi connectivity index (χ2n) is 3.82. The summed E-state index contributed by atoms with van der Waals surface area (Å²) in [6.45, 7) is 0. The number of carbonyl (C=O) groups excluding carboxylic acids is 1. The van der Waals surface area contributed by atoms with Crippen LogP contribution in [0.2, 0.25) is 0 Å². The monoisotopic (exact) mass is 292 g/mol. The highest BCUT2D eigenvalue weighted by Gasteiger charge is 2.05. The van der Waals surface area contributed by atoms with Crippen LogP contribution in [0.25, 0.3) is 5.69 Å². The first-order chi connectivity index (χ1) is 9.65. The van der Waals surface area contributed by atoms with E-state index in [4.69, 9.17) is 5.11 Å². The molecule has 1 aromatic carbocycles. The normalized spacial score (nSPS) is 10.2. The second-order valence-corrected chi connectivity index (χ2v) is 4.81. The molecule has 0 aliphatic rings. The molecule has 0 aliphatic heterocycles. The maximum absolute atomic E-state index is 11.6. The van der Waals surface area contributed by atoms with E-state index >= 15 is 0 Å². The van der Waals surface area contributed by atoms with Gasteiger partial charge in [-0.05, 0) is 24.3 Å². The summed E-state index contributed by atoms with van der Waals surface area (Å²) in [7, 11) is 0. The number of carboxylic acids is 1. The summed E-state index contributed by atoms with van der Waals surface area (Å²) in [6, 6.07) is 7.09. The summed E-state index contributed by atoms with van der Waals surface area (Å²) in [6.07, 6.45) is 3.02. The third-order valence-electron chi connectivity index (χ3n) is 2.29. The number of rotatable bonds is 6. The van der Waals surface area contributed by atoms with Crippen LogP contribution in [-0.2, 0) is 9.59 Å². The molecular weight excluding hydrogens is 280 g/mol. The molecular formula is C12H12N4O3S. The number of carbonyl (C=O) groups is 2. The zero-order valence-electron chi connectivity index (χ0n) is 10.4. The van der Waals surface area contributed by atoms with E-state index in [0.29, 0.717) is 5.69 Å². The van der Waals surface area contributed by atoms with Crippen LogP contribution in [0.4, 0.5) is 5.69 Å². The van der Waals surface area contributed by atoms with E-state index in [1.54, 1.807) is 35.3 Å². The third kappa shape index (κ3) is 4.09. The molecule has 0 bridgehead atoms. The molecule has 0 unspecified atom stereocenters. The first kappa shape index (κ1) is 14.1. The van der Waals surface area contributed by atoms with Crippen molar-refractivity contribution in [3.8, 4) is 5.69 Å². The third-order valence-corrected chi connectivity index (χ3v) is 3.21. The maximum atomic E-state index is 11.6. The zero-order valence-corrected chi connectivity index (χ0v) is 11.2. The molecule has 20 heavy (non-hydrogen) atoms. The average molecular weight is 292 g/mol. The molecule has 0 saturated heterocycles. The van der Waals surface area contributed by atoms with E-state index in [0.717, 1.165) is 17.4 Å². The molecule has 1 heterocycles. The minimum absolute atomic E-state index is 0.0847. The summed E-state index contributed by atoms with van der Waals surface area (Å²) in [5.41, 5.74) is 1.48. The Balaban J connectivity index is 1.87.